The third kappa shape index (κ3) is 2.37. The minimum absolute atomic E-state index is 0.231. The van der Waals surface area contributed by atoms with E-state index in [-0.39, 0.29) is 15.4 Å². The van der Waals surface area contributed by atoms with Gasteiger partial charge in [-0.25, -0.2) is 0 Å². The van der Waals surface area contributed by atoms with Crippen molar-refractivity contribution >= 4 is 34.5 Å². The lowest BCUT2D eigenvalue weighted by molar-refractivity contribution is 0.102. The number of nitrogens with one attached hydrogen (secondary N) is 1. The summed E-state index contributed by atoms with van der Waals surface area (Å²) in [5.74, 6) is -0.333. The molecule has 6 nitrogen and oxygen atoms in total. The summed E-state index contributed by atoms with van der Waals surface area (Å²) < 4.78 is 1.96. The molecule has 0 aliphatic carbocycles. The lowest BCUT2D eigenvalue weighted by Gasteiger charge is -1.96. The second-order valence-electron chi connectivity index (χ2n) is 2.90. The average molecular weight is 258 g/mol. The van der Waals surface area contributed by atoms with E-state index in [9.17, 15) is 4.79 Å². The lowest BCUT2D eigenvalue weighted by Crippen LogP contribution is -2.11. The van der Waals surface area contributed by atoms with Gasteiger partial charge in [0, 0.05) is 12.7 Å². The van der Waals surface area contributed by atoms with Crippen molar-refractivity contribution in [3.05, 3.63) is 21.9 Å². The Morgan fingerprint density at radius 2 is 2.44 bits per heavy atom. The van der Waals surface area contributed by atoms with Crippen molar-refractivity contribution in [3.63, 3.8) is 0 Å². The van der Waals surface area contributed by atoms with Crippen LogP contribution in [0, 0.1) is 0 Å². The van der Waals surface area contributed by atoms with E-state index in [0.717, 1.165) is 17.9 Å². The molecule has 0 spiro atoms. The molecule has 0 bridgehead atoms. The highest BCUT2D eigenvalue weighted by Gasteiger charge is 2.12. The highest BCUT2D eigenvalue weighted by Crippen LogP contribution is 2.16. The van der Waals surface area contributed by atoms with Crippen LogP contribution in [-0.4, -0.2) is 25.9 Å². The number of amides is 1. The first-order valence-corrected chi connectivity index (χ1v) is 5.71. The Labute approximate surface area is 100 Å². The predicted octanol–water partition coefficient (Wildman–Crippen LogP) is 1.66. The molecular weight excluding hydrogens is 250 g/mol. The number of carbonyl (C=O) groups excluding carboxylic acids is 1. The number of halogens is 1. The van der Waals surface area contributed by atoms with Gasteiger partial charge in [-0.05, 0) is 18.5 Å². The van der Waals surface area contributed by atoms with Crippen LogP contribution in [0.2, 0.25) is 4.47 Å². The zero-order valence-corrected chi connectivity index (χ0v) is 9.92. The molecule has 84 valence electrons. The minimum atomic E-state index is -0.333. The summed E-state index contributed by atoms with van der Waals surface area (Å²) >= 11 is 6.61. The number of anilines is 1. The van der Waals surface area contributed by atoms with Crippen LogP contribution in [0.15, 0.2) is 12.4 Å². The molecule has 16 heavy (non-hydrogen) atoms. The van der Waals surface area contributed by atoms with E-state index in [2.05, 4.69) is 20.6 Å². The van der Waals surface area contributed by atoms with Crippen LogP contribution in [-0.2, 0) is 6.54 Å². The molecule has 0 aliphatic heterocycles. The van der Waals surface area contributed by atoms with Crippen LogP contribution in [0.3, 0.4) is 0 Å². The summed E-state index contributed by atoms with van der Waals surface area (Å²) in [4.78, 5) is 11.6. The minimum Gasteiger partial charge on any atom is -0.317 e. The van der Waals surface area contributed by atoms with Crippen molar-refractivity contribution in [2.45, 2.75) is 13.5 Å². The third-order valence-corrected chi connectivity index (χ3v) is 2.83. The Hall–Kier alpha value is -1.47. The Kier molecular flexibility index (Phi) is 3.16. The van der Waals surface area contributed by atoms with Crippen molar-refractivity contribution < 1.29 is 4.79 Å². The third-order valence-electron chi connectivity index (χ3n) is 1.81. The van der Waals surface area contributed by atoms with E-state index >= 15 is 0 Å². The van der Waals surface area contributed by atoms with E-state index in [4.69, 9.17) is 11.6 Å². The van der Waals surface area contributed by atoms with Crippen LogP contribution in [0.4, 0.5) is 5.69 Å². The smallest absolute Gasteiger partial charge is 0.286 e. The summed E-state index contributed by atoms with van der Waals surface area (Å²) in [6.07, 6.45) is 3.31. The van der Waals surface area contributed by atoms with Gasteiger partial charge in [-0.1, -0.05) is 11.3 Å². The van der Waals surface area contributed by atoms with Crippen molar-refractivity contribution in [1.29, 1.82) is 0 Å². The SMILES string of the molecule is CCn1cc(NC(=O)c2nnc(Cl)s2)cn1. The number of hydrogen-bond donors (Lipinski definition) is 1. The van der Waals surface area contributed by atoms with Crippen LogP contribution in [0.25, 0.3) is 0 Å². The second kappa shape index (κ2) is 4.58. The first-order chi connectivity index (χ1) is 7.69. The van der Waals surface area contributed by atoms with Gasteiger partial charge in [0.05, 0.1) is 11.9 Å². The molecule has 2 heterocycles. The van der Waals surface area contributed by atoms with Crippen molar-refractivity contribution in [1.82, 2.24) is 20.0 Å². The van der Waals surface area contributed by atoms with Gasteiger partial charge < -0.3 is 5.32 Å². The van der Waals surface area contributed by atoms with E-state index < -0.39 is 0 Å². The fourth-order valence-corrected chi connectivity index (χ4v) is 1.81. The van der Waals surface area contributed by atoms with E-state index in [1.807, 2.05) is 6.92 Å². The first kappa shape index (κ1) is 11.0. The molecule has 0 fully saturated rings. The number of rotatable bonds is 3. The molecule has 0 atom stereocenters. The van der Waals surface area contributed by atoms with Gasteiger partial charge >= 0.3 is 0 Å². The predicted molar refractivity (Wildman–Crippen MR) is 60.8 cm³/mol. The van der Waals surface area contributed by atoms with Gasteiger partial charge in [-0.2, -0.15) is 5.10 Å². The summed E-state index contributed by atoms with van der Waals surface area (Å²) in [5, 5.41) is 14.1. The molecule has 1 amide bonds. The molecule has 0 aliphatic rings. The molecule has 0 unspecified atom stereocenters. The molecule has 1 N–H and O–H groups in total. The number of aromatic nitrogens is 4. The van der Waals surface area contributed by atoms with Crippen molar-refractivity contribution in [3.8, 4) is 0 Å². The Morgan fingerprint density at radius 3 is 3.00 bits per heavy atom. The fourth-order valence-electron chi connectivity index (χ4n) is 1.08. The normalized spacial score (nSPS) is 10.4. The molecule has 0 radical (unpaired) electrons. The van der Waals surface area contributed by atoms with Gasteiger partial charge in [0.1, 0.15) is 0 Å². The molecule has 0 saturated carbocycles. The standard InChI is InChI=1S/C8H8ClN5OS/c1-2-14-4-5(3-10-14)11-6(15)7-12-13-8(9)16-7/h3-4H,2H2,1H3,(H,11,15). The number of aryl methyl sites for hydroxylation is 1. The molecule has 2 aromatic heterocycles. The Morgan fingerprint density at radius 1 is 1.62 bits per heavy atom. The summed E-state index contributed by atoms with van der Waals surface area (Å²) in [7, 11) is 0. The first-order valence-electron chi connectivity index (χ1n) is 4.52. The average Bonchev–Trinajstić information content (AvgIpc) is 2.87. The topological polar surface area (TPSA) is 72.7 Å². The van der Waals surface area contributed by atoms with Crippen LogP contribution < -0.4 is 5.32 Å². The molecular formula is C8H8ClN5OS. The number of nitrogens with zero attached hydrogens (tertiary/aromatic N) is 4. The zero-order chi connectivity index (χ0) is 11.5. The molecule has 2 rings (SSSR count). The van der Waals surface area contributed by atoms with Crippen molar-refractivity contribution in [2.75, 3.05) is 5.32 Å². The van der Waals surface area contributed by atoms with E-state index in [1.54, 1.807) is 17.1 Å². The highest BCUT2D eigenvalue weighted by atomic mass is 35.5. The van der Waals surface area contributed by atoms with Gasteiger partial charge in [0.2, 0.25) is 9.47 Å². The van der Waals surface area contributed by atoms with Gasteiger partial charge in [0.15, 0.2) is 0 Å². The number of carbonyl (C=O) groups is 1. The maximum atomic E-state index is 11.6. The quantitative estimate of drug-likeness (QED) is 0.908. The summed E-state index contributed by atoms with van der Waals surface area (Å²) in [5.41, 5.74) is 0.623. The monoisotopic (exact) mass is 257 g/mol. The van der Waals surface area contributed by atoms with E-state index in [1.165, 1.54) is 0 Å². The van der Waals surface area contributed by atoms with Gasteiger partial charge in [-0.3, -0.25) is 9.48 Å². The summed E-state index contributed by atoms with van der Waals surface area (Å²) in [6, 6.07) is 0. The van der Waals surface area contributed by atoms with E-state index in [0.29, 0.717) is 5.69 Å². The van der Waals surface area contributed by atoms with Gasteiger partial charge in [0.25, 0.3) is 5.91 Å². The largest absolute Gasteiger partial charge is 0.317 e. The molecule has 0 saturated heterocycles. The molecule has 8 heteroatoms. The second-order valence-corrected chi connectivity index (χ2v) is 4.46. The summed E-state index contributed by atoms with van der Waals surface area (Å²) in [6.45, 7) is 2.71. The van der Waals surface area contributed by atoms with Crippen LogP contribution in [0.5, 0.6) is 0 Å². The maximum absolute atomic E-state index is 11.6. The lowest BCUT2D eigenvalue weighted by atomic mass is 10.5. The molecule has 2 aromatic rings. The molecule has 0 aromatic carbocycles. The van der Waals surface area contributed by atoms with Gasteiger partial charge in [-0.15, -0.1) is 10.2 Å². The van der Waals surface area contributed by atoms with Crippen LogP contribution in [0.1, 0.15) is 16.7 Å². The maximum Gasteiger partial charge on any atom is 0.286 e. The highest BCUT2D eigenvalue weighted by molar-refractivity contribution is 7.17. The number of hydrogen-bond acceptors (Lipinski definition) is 5. The fraction of sp³-hybridized carbons (Fsp3) is 0.250. The Bertz CT molecular complexity index is 508. The zero-order valence-electron chi connectivity index (χ0n) is 8.35. The Balaban J connectivity index is 2.07. The van der Waals surface area contributed by atoms with Crippen molar-refractivity contribution in [2.24, 2.45) is 0 Å². The van der Waals surface area contributed by atoms with Crippen LogP contribution >= 0.6 is 22.9 Å².